The highest BCUT2D eigenvalue weighted by atomic mass is 32.1. The summed E-state index contributed by atoms with van der Waals surface area (Å²) in [6.45, 7) is 2.33. The fourth-order valence-corrected chi connectivity index (χ4v) is 7.01. The van der Waals surface area contributed by atoms with Crippen LogP contribution in [0.4, 0.5) is 18.2 Å². The normalized spacial score (nSPS) is 22.5. The number of nitriles is 1. The van der Waals surface area contributed by atoms with Crippen molar-refractivity contribution in [2.75, 3.05) is 45.7 Å². The summed E-state index contributed by atoms with van der Waals surface area (Å²) in [5, 5.41) is 16.9. The van der Waals surface area contributed by atoms with E-state index in [9.17, 15) is 14.0 Å². The van der Waals surface area contributed by atoms with Crippen molar-refractivity contribution in [1.82, 2.24) is 20.6 Å². The van der Waals surface area contributed by atoms with Crippen molar-refractivity contribution < 1.29 is 27.4 Å². The van der Waals surface area contributed by atoms with Crippen LogP contribution in [0.3, 0.4) is 0 Å². The molecule has 4 aromatic rings. The van der Waals surface area contributed by atoms with Crippen molar-refractivity contribution in [1.29, 1.82) is 5.26 Å². The van der Waals surface area contributed by atoms with Gasteiger partial charge in [-0.1, -0.05) is 12.1 Å². The van der Waals surface area contributed by atoms with E-state index < -0.39 is 17.8 Å². The van der Waals surface area contributed by atoms with Crippen LogP contribution < -0.4 is 25.8 Å². The molecule has 0 amide bonds. The van der Waals surface area contributed by atoms with Crippen molar-refractivity contribution in [3.8, 4) is 29.1 Å². The number of anilines is 1. The fourth-order valence-electron chi connectivity index (χ4n) is 6.06. The van der Waals surface area contributed by atoms with Crippen molar-refractivity contribution in [3.05, 3.63) is 41.5 Å². The number of fused-ring (bicyclic) bond motifs is 2. The van der Waals surface area contributed by atoms with Gasteiger partial charge in [0.15, 0.2) is 5.82 Å². The molecular weight excluding hydrogens is 593 g/mol. The average molecular weight is 627 g/mol. The lowest BCUT2D eigenvalue weighted by Crippen LogP contribution is -2.38. The SMILES string of the molecule is COCC1NCCC1Oc1nc(OCC2CCCNCC(F)C2)nc2c(F)c(-c3ccc(F)c4sc(N)c(C#N)c34)ccc12. The summed E-state index contributed by atoms with van der Waals surface area (Å²) >= 11 is 0.943. The molecule has 44 heavy (non-hydrogen) atoms. The molecule has 4 atom stereocenters. The number of thiophene rings is 1. The third-order valence-corrected chi connectivity index (χ3v) is 9.26. The lowest BCUT2D eigenvalue weighted by Gasteiger charge is -2.23. The minimum atomic E-state index is -0.995. The number of ether oxygens (including phenoxy) is 3. The van der Waals surface area contributed by atoms with Gasteiger partial charge in [-0.15, -0.1) is 11.3 Å². The molecule has 2 aliphatic heterocycles. The van der Waals surface area contributed by atoms with E-state index in [1.54, 1.807) is 19.2 Å². The first-order valence-electron chi connectivity index (χ1n) is 14.7. The van der Waals surface area contributed by atoms with Gasteiger partial charge in [0.05, 0.1) is 34.9 Å². The van der Waals surface area contributed by atoms with E-state index in [0.717, 1.165) is 37.3 Å². The molecule has 0 saturated carbocycles. The summed E-state index contributed by atoms with van der Waals surface area (Å²) in [7, 11) is 1.61. The van der Waals surface area contributed by atoms with Gasteiger partial charge in [0.25, 0.3) is 0 Å². The molecule has 2 fully saturated rings. The van der Waals surface area contributed by atoms with Crippen molar-refractivity contribution >= 4 is 37.3 Å². The third-order valence-electron chi connectivity index (χ3n) is 8.23. The second-order valence-corrected chi connectivity index (χ2v) is 12.3. The van der Waals surface area contributed by atoms with Gasteiger partial charge in [-0.25, -0.2) is 13.2 Å². The van der Waals surface area contributed by atoms with Gasteiger partial charge < -0.3 is 30.6 Å². The Morgan fingerprint density at radius 1 is 1.11 bits per heavy atom. The van der Waals surface area contributed by atoms with Crippen LogP contribution in [0.5, 0.6) is 11.9 Å². The van der Waals surface area contributed by atoms with Gasteiger partial charge in [0, 0.05) is 24.6 Å². The Hall–Kier alpha value is -3.70. The van der Waals surface area contributed by atoms with Crippen molar-refractivity contribution in [3.63, 3.8) is 0 Å². The summed E-state index contributed by atoms with van der Waals surface area (Å²) in [6, 6.07) is 7.70. The molecule has 0 spiro atoms. The van der Waals surface area contributed by atoms with Crippen LogP contribution in [-0.4, -0.2) is 68.2 Å². The molecule has 2 saturated heterocycles. The first-order chi connectivity index (χ1) is 21.4. The molecule has 4 N–H and O–H groups in total. The number of nitrogen functional groups attached to an aromatic ring is 1. The highest BCUT2D eigenvalue weighted by molar-refractivity contribution is 7.23. The maximum absolute atomic E-state index is 16.5. The van der Waals surface area contributed by atoms with Crippen LogP contribution in [0.2, 0.25) is 0 Å². The smallest absolute Gasteiger partial charge is 0.320 e. The number of nitrogens with one attached hydrogen (secondary N) is 2. The molecule has 9 nitrogen and oxygen atoms in total. The van der Waals surface area contributed by atoms with Crippen molar-refractivity contribution in [2.45, 2.75) is 44.0 Å². The second-order valence-electron chi connectivity index (χ2n) is 11.2. The van der Waals surface area contributed by atoms with Gasteiger partial charge >= 0.3 is 6.01 Å². The van der Waals surface area contributed by atoms with Gasteiger partial charge in [0.2, 0.25) is 5.88 Å². The lowest BCUT2D eigenvalue weighted by atomic mass is 9.96. The molecule has 2 aromatic carbocycles. The number of nitrogens with two attached hydrogens (primary N) is 1. The quantitative estimate of drug-likeness (QED) is 0.245. The first kappa shape index (κ1) is 30.3. The largest absolute Gasteiger partial charge is 0.472 e. The molecule has 0 radical (unpaired) electrons. The fraction of sp³-hybridized carbons (Fsp3) is 0.452. The standard InChI is InChI=1S/C31H33F3N6O3S/c1-41-15-23-24(8-10-38-23)43-30-20-5-4-19(18-6-7-22(33)28-25(18)21(12-35)29(36)44-28)26(34)27(20)39-31(40-30)42-14-16-3-2-9-37-13-17(32)11-16/h4-7,16-17,23-24,37-38H,2-3,8-11,13-15,36H2,1H3. The third kappa shape index (κ3) is 5.99. The number of methoxy groups -OCH3 is 1. The molecule has 0 aliphatic carbocycles. The number of hydrogen-bond donors (Lipinski definition) is 3. The van der Waals surface area contributed by atoms with E-state index in [0.29, 0.717) is 36.9 Å². The Labute approximate surface area is 256 Å². The zero-order valence-corrected chi connectivity index (χ0v) is 25.0. The number of rotatable bonds is 8. The molecule has 232 valence electrons. The molecule has 2 aliphatic rings. The summed E-state index contributed by atoms with van der Waals surface area (Å²) in [5.74, 6) is -1.16. The van der Waals surface area contributed by atoms with Crippen LogP contribution in [-0.2, 0) is 4.74 Å². The second kappa shape index (κ2) is 13.1. The Bertz CT molecular complexity index is 1710. The van der Waals surface area contributed by atoms with E-state index in [-0.39, 0.29) is 68.3 Å². The Kier molecular flexibility index (Phi) is 9.04. The number of halogens is 3. The predicted molar refractivity (Wildman–Crippen MR) is 163 cm³/mol. The molecular formula is C31H33F3N6O3S. The zero-order valence-electron chi connectivity index (χ0n) is 24.2. The Morgan fingerprint density at radius 3 is 2.77 bits per heavy atom. The van der Waals surface area contributed by atoms with Gasteiger partial charge in [-0.05, 0) is 62.4 Å². The molecule has 4 heterocycles. The predicted octanol–water partition coefficient (Wildman–Crippen LogP) is 5.11. The summed E-state index contributed by atoms with van der Waals surface area (Å²) < 4.78 is 63.5. The number of alkyl halides is 1. The highest BCUT2D eigenvalue weighted by Gasteiger charge is 2.31. The highest BCUT2D eigenvalue weighted by Crippen LogP contribution is 2.43. The summed E-state index contributed by atoms with van der Waals surface area (Å²) in [5.41, 5.74) is 6.48. The van der Waals surface area contributed by atoms with Gasteiger partial charge in [0.1, 0.15) is 34.7 Å². The number of nitrogens with zero attached hydrogens (tertiary/aromatic N) is 3. The van der Waals surface area contributed by atoms with E-state index in [1.165, 1.54) is 12.1 Å². The lowest BCUT2D eigenvalue weighted by molar-refractivity contribution is 0.107. The maximum atomic E-state index is 16.5. The first-order valence-corrected chi connectivity index (χ1v) is 15.5. The average Bonchev–Trinajstić information content (AvgIpc) is 3.58. The van der Waals surface area contributed by atoms with Crippen LogP contribution in [0.1, 0.15) is 31.2 Å². The monoisotopic (exact) mass is 626 g/mol. The Balaban J connectivity index is 1.43. The minimum absolute atomic E-state index is 0.0545. The molecule has 13 heteroatoms. The number of hydrogen-bond acceptors (Lipinski definition) is 10. The van der Waals surface area contributed by atoms with E-state index in [2.05, 4.69) is 20.6 Å². The van der Waals surface area contributed by atoms with E-state index in [1.807, 2.05) is 6.07 Å². The molecule has 6 rings (SSSR count). The van der Waals surface area contributed by atoms with E-state index >= 15 is 4.39 Å². The topological polar surface area (TPSA) is 127 Å². The molecule has 2 aromatic heterocycles. The maximum Gasteiger partial charge on any atom is 0.320 e. The summed E-state index contributed by atoms with van der Waals surface area (Å²) in [6.07, 6.45) is 1.38. The van der Waals surface area contributed by atoms with Crippen LogP contribution >= 0.6 is 11.3 Å². The molecule has 0 bridgehead atoms. The minimum Gasteiger partial charge on any atom is -0.472 e. The zero-order chi connectivity index (χ0) is 30.8. The molecule has 4 unspecified atom stereocenters. The van der Waals surface area contributed by atoms with Gasteiger partial charge in [-0.3, -0.25) is 0 Å². The number of aromatic nitrogens is 2. The van der Waals surface area contributed by atoms with Crippen molar-refractivity contribution in [2.24, 2.45) is 5.92 Å². The summed E-state index contributed by atoms with van der Waals surface area (Å²) in [4.78, 5) is 8.98. The van der Waals surface area contributed by atoms with E-state index in [4.69, 9.17) is 19.9 Å². The van der Waals surface area contributed by atoms with Crippen LogP contribution in [0, 0.1) is 28.9 Å². The van der Waals surface area contributed by atoms with Gasteiger partial charge in [-0.2, -0.15) is 15.2 Å². The Morgan fingerprint density at radius 2 is 1.95 bits per heavy atom. The van der Waals surface area contributed by atoms with Crippen LogP contribution in [0.15, 0.2) is 24.3 Å². The van der Waals surface area contributed by atoms with Crippen LogP contribution in [0.25, 0.3) is 32.1 Å². The number of benzene rings is 2.